The molecule has 1 atom stereocenters. The van der Waals surface area contributed by atoms with Crippen LogP contribution in [0.3, 0.4) is 0 Å². The van der Waals surface area contributed by atoms with Crippen molar-refractivity contribution in [2.75, 3.05) is 13.7 Å². The molecule has 0 radical (unpaired) electrons. The molecule has 18 heavy (non-hydrogen) atoms. The highest BCUT2D eigenvalue weighted by molar-refractivity contribution is 5.37. The van der Waals surface area contributed by atoms with Crippen molar-refractivity contribution in [2.45, 2.75) is 32.4 Å². The average molecular weight is 250 g/mol. The summed E-state index contributed by atoms with van der Waals surface area (Å²) in [6.45, 7) is 3.20. The molecule has 3 nitrogen and oxygen atoms in total. The van der Waals surface area contributed by atoms with Crippen molar-refractivity contribution in [1.82, 2.24) is 5.32 Å². The van der Waals surface area contributed by atoms with Crippen LogP contribution < -0.4 is 5.32 Å². The van der Waals surface area contributed by atoms with Gasteiger partial charge in [0.05, 0.1) is 18.2 Å². The molecule has 1 aromatic carbocycles. The van der Waals surface area contributed by atoms with Crippen LogP contribution in [0.15, 0.2) is 18.2 Å². The van der Waals surface area contributed by atoms with Gasteiger partial charge in [-0.2, -0.15) is 5.26 Å². The summed E-state index contributed by atoms with van der Waals surface area (Å²) in [6.07, 6.45) is 2.04. The normalized spacial score (nSPS) is 12.1. The zero-order valence-corrected chi connectivity index (χ0v) is 10.9. The van der Waals surface area contributed by atoms with E-state index in [0.717, 1.165) is 12.8 Å². The summed E-state index contributed by atoms with van der Waals surface area (Å²) >= 11 is 0. The van der Waals surface area contributed by atoms with E-state index in [-0.39, 0.29) is 11.9 Å². The van der Waals surface area contributed by atoms with E-state index >= 15 is 0 Å². The molecule has 0 aromatic heterocycles. The quantitative estimate of drug-likeness (QED) is 0.809. The number of benzene rings is 1. The maximum atomic E-state index is 13.1. The van der Waals surface area contributed by atoms with Crippen LogP contribution >= 0.6 is 0 Å². The molecular weight excluding hydrogens is 231 g/mol. The van der Waals surface area contributed by atoms with Crippen molar-refractivity contribution in [3.8, 4) is 6.07 Å². The van der Waals surface area contributed by atoms with E-state index in [2.05, 4.69) is 18.3 Å². The number of ether oxygens (including phenoxy) is 1. The molecule has 1 N–H and O–H groups in total. The monoisotopic (exact) mass is 250 g/mol. The molecule has 1 unspecified atom stereocenters. The summed E-state index contributed by atoms with van der Waals surface area (Å²) in [4.78, 5) is 0. The van der Waals surface area contributed by atoms with E-state index in [9.17, 15) is 4.39 Å². The van der Waals surface area contributed by atoms with Gasteiger partial charge in [0.2, 0.25) is 0 Å². The summed E-state index contributed by atoms with van der Waals surface area (Å²) in [7, 11) is 1.66. The fraction of sp³-hybridized carbons (Fsp3) is 0.500. The van der Waals surface area contributed by atoms with Gasteiger partial charge < -0.3 is 10.1 Å². The molecular formula is C14H19FN2O. The Kier molecular flexibility index (Phi) is 6.34. The Morgan fingerprint density at radius 2 is 2.28 bits per heavy atom. The number of rotatable bonds is 7. The van der Waals surface area contributed by atoms with Gasteiger partial charge in [0.25, 0.3) is 0 Å². The minimum atomic E-state index is -0.315. The molecule has 0 saturated heterocycles. The highest BCUT2D eigenvalue weighted by atomic mass is 19.1. The Balaban J connectivity index is 2.66. The van der Waals surface area contributed by atoms with Crippen LogP contribution in [0.2, 0.25) is 0 Å². The molecule has 0 aliphatic heterocycles. The van der Waals surface area contributed by atoms with Crippen molar-refractivity contribution >= 4 is 0 Å². The molecule has 0 heterocycles. The van der Waals surface area contributed by atoms with Crippen molar-refractivity contribution in [3.05, 3.63) is 35.1 Å². The van der Waals surface area contributed by atoms with Crippen molar-refractivity contribution < 1.29 is 9.13 Å². The molecule has 0 spiro atoms. The first-order chi connectivity index (χ1) is 8.71. The summed E-state index contributed by atoms with van der Waals surface area (Å²) in [5.74, 6) is -0.315. The number of nitriles is 1. The lowest BCUT2D eigenvalue weighted by Gasteiger charge is -2.17. The number of halogens is 1. The van der Waals surface area contributed by atoms with E-state index < -0.39 is 0 Å². The van der Waals surface area contributed by atoms with Gasteiger partial charge >= 0.3 is 0 Å². The maximum absolute atomic E-state index is 13.1. The fourth-order valence-corrected chi connectivity index (χ4v) is 1.87. The lowest BCUT2D eigenvalue weighted by atomic mass is 10.1. The Morgan fingerprint density at radius 3 is 2.89 bits per heavy atom. The number of nitrogens with one attached hydrogen (secondary N) is 1. The molecule has 1 aromatic rings. The topological polar surface area (TPSA) is 45.0 Å². The Hall–Kier alpha value is -1.44. The fourth-order valence-electron chi connectivity index (χ4n) is 1.87. The molecule has 0 bridgehead atoms. The number of methoxy groups -OCH3 is 1. The molecule has 1 rings (SSSR count). The number of hydrogen-bond donors (Lipinski definition) is 1. The molecule has 0 aliphatic rings. The minimum Gasteiger partial charge on any atom is -0.383 e. The van der Waals surface area contributed by atoms with Gasteiger partial charge in [-0.05, 0) is 30.2 Å². The third kappa shape index (κ3) is 4.44. The second kappa shape index (κ2) is 7.80. The van der Waals surface area contributed by atoms with Gasteiger partial charge in [-0.3, -0.25) is 0 Å². The van der Waals surface area contributed by atoms with Crippen LogP contribution in [-0.2, 0) is 11.3 Å². The highest BCUT2D eigenvalue weighted by Gasteiger charge is 2.09. The van der Waals surface area contributed by atoms with Gasteiger partial charge in [-0.25, -0.2) is 4.39 Å². The molecule has 4 heteroatoms. The van der Waals surface area contributed by atoms with Crippen molar-refractivity contribution in [1.29, 1.82) is 5.26 Å². The zero-order valence-electron chi connectivity index (χ0n) is 10.9. The van der Waals surface area contributed by atoms with E-state index in [0.29, 0.717) is 24.3 Å². The average Bonchev–Trinajstić information content (AvgIpc) is 2.36. The molecule has 0 aliphatic carbocycles. The maximum Gasteiger partial charge on any atom is 0.123 e. The minimum absolute atomic E-state index is 0.231. The smallest absolute Gasteiger partial charge is 0.123 e. The summed E-state index contributed by atoms with van der Waals surface area (Å²) in [5.41, 5.74) is 1.20. The largest absolute Gasteiger partial charge is 0.383 e. The third-order valence-corrected chi connectivity index (χ3v) is 2.77. The van der Waals surface area contributed by atoms with Crippen LogP contribution in [0.1, 0.15) is 30.9 Å². The summed E-state index contributed by atoms with van der Waals surface area (Å²) < 4.78 is 18.3. The van der Waals surface area contributed by atoms with Gasteiger partial charge in [-0.15, -0.1) is 0 Å². The summed E-state index contributed by atoms with van der Waals surface area (Å²) in [6, 6.07) is 6.53. The SMILES string of the molecule is CCCC(COC)NCc1cc(F)ccc1C#N. The number of nitrogens with zero attached hydrogens (tertiary/aromatic N) is 1. The number of hydrogen-bond acceptors (Lipinski definition) is 3. The molecule has 0 amide bonds. The predicted octanol–water partition coefficient (Wildman–Crippen LogP) is 2.60. The van der Waals surface area contributed by atoms with Gasteiger partial charge in [-0.1, -0.05) is 13.3 Å². The second-order valence-corrected chi connectivity index (χ2v) is 4.24. The summed E-state index contributed by atoms with van der Waals surface area (Å²) in [5, 5.41) is 12.3. The van der Waals surface area contributed by atoms with Gasteiger partial charge in [0, 0.05) is 19.7 Å². The second-order valence-electron chi connectivity index (χ2n) is 4.24. The Bertz CT molecular complexity index is 409. The Morgan fingerprint density at radius 1 is 1.50 bits per heavy atom. The lowest BCUT2D eigenvalue weighted by molar-refractivity contribution is 0.161. The predicted molar refractivity (Wildman–Crippen MR) is 68.5 cm³/mol. The standard InChI is InChI=1S/C14H19FN2O/c1-3-4-14(10-18-2)17-9-12-7-13(15)6-5-11(12)8-16/h5-7,14,17H,3-4,9-10H2,1-2H3. The molecule has 0 saturated carbocycles. The zero-order chi connectivity index (χ0) is 13.4. The third-order valence-electron chi connectivity index (χ3n) is 2.77. The van der Waals surface area contributed by atoms with E-state index in [1.165, 1.54) is 18.2 Å². The lowest BCUT2D eigenvalue weighted by Crippen LogP contribution is -2.32. The van der Waals surface area contributed by atoms with Crippen LogP contribution in [-0.4, -0.2) is 19.8 Å². The van der Waals surface area contributed by atoms with Crippen molar-refractivity contribution in [3.63, 3.8) is 0 Å². The van der Waals surface area contributed by atoms with Crippen LogP contribution in [0, 0.1) is 17.1 Å². The van der Waals surface area contributed by atoms with Crippen LogP contribution in [0.5, 0.6) is 0 Å². The first-order valence-corrected chi connectivity index (χ1v) is 6.12. The molecule has 98 valence electrons. The van der Waals surface area contributed by atoms with E-state index in [4.69, 9.17) is 10.00 Å². The molecule has 0 fully saturated rings. The van der Waals surface area contributed by atoms with Gasteiger partial charge in [0.1, 0.15) is 5.82 Å². The Labute approximate surface area is 108 Å². The van der Waals surface area contributed by atoms with E-state index in [1.54, 1.807) is 7.11 Å². The first kappa shape index (κ1) is 14.6. The van der Waals surface area contributed by atoms with Gasteiger partial charge in [0.15, 0.2) is 0 Å². The van der Waals surface area contributed by atoms with E-state index in [1.807, 2.05) is 0 Å². The highest BCUT2D eigenvalue weighted by Crippen LogP contribution is 2.11. The van der Waals surface area contributed by atoms with Crippen LogP contribution in [0.25, 0.3) is 0 Å². The van der Waals surface area contributed by atoms with Crippen molar-refractivity contribution in [2.24, 2.45) is 0 Å². The first-order valence-electron chi connectivity index (χ1n) is 6.12. The van der Waals surface area contributed by atoms with Crippen LogP contribution in [0.4, 0.5) is 4.39 Å².